The van der Waals surface area contributed by atoms with Crippen molar-refractivity contribution >= 4 is 11.8 Å². The summed E-state index contributed by atoms with van der Waals surface area (Å²) in [4.78, 5) is 13.9. The first-order chi connectivity index (χ1) is 10.2. The fourth-order valence-corrected chi connectivity index (χ4v) is 2.44. The monoisotopic (exact) mass is 306 g/mol. The number of hydrogen-bond acceptors (Lipinski definition) is 4. The van der Waals surface area contributed by atoms with Crippen LogP contribution in [0, 0.1) is 0 Å². The molecule has 0 aromatic heterocycles. The third kappa shape index (κ3) is 4.06. The van der Waals surface area contributed by atoms with Gasteiger partial charge in [-0.25, -0.2) is 4.79 Å². The minimum absolute atomic E-state index is 0.0610. The molecule has 2 rings (SSSR count). The Morgan fingerprint density at radius 1 is 1.27 bits per heavy atom. The Labute approximate surface area is 132 Å². The maximum absolute atomic E-state index is 12.2. The van der Waals surface area contributed by atoms with Crippen molar-refractivity contribution in [1.29, 1.82) is 0 Å². The molecular weight excluding hydrogens is 280 g/mol. The van der Waals surface area contributed by atoms with Crippen molar-refractivity contribution in [3.8, 4) is 5.75 Å². The summed E-state index contributed by atoms with van der Waals surface area (Å²) in [6.07, 6.45) is 0.563. The van der Waals surface area contributed by atoms with Gasteiger partial charge in [0.25, 0.3) is 0 Å². The number of nitrogen functional groups attached to an aromatic ring is 1. The summed E-state index contributed by atoms with van der Waals surface area (Å²) in [7, 11) is 0. The number of ether oxygens (including phenoxy) is 2. The highest BCUT2D eigenvalue weighted by Crippen LogP contribution is 2.31. The number of hydrogen-bond donors (Lipinski definition) is 1. The zero-order valence-corrected chi connectivity index (χ0v) is 14.1. The maximum Gasteiger partial charge on any atom is 0.410 e. The minimum atomic E-state index is -0.482. The Morgan fingerprint density at radius 3 is 2.55 bits per heavy atom. The van der Waals surface area contributed by atoms with E-state index in [1.165, 1.54) is 5.56 Å². The average molecular weight is 306 g/mol. The van der Waals surface area contributed by atoms with Gasteiger partial charge in [-0.3, -0.25) is 0 Å². The summed E-state index contributed by atoms with van der Waals surface area (Å²) in [5.41, 5.74) is 8.46. The molecule has 0 spiro atoms. The largest absolute Gasteiger partial charge is 0.489 e. The predicted molar refractivity (Wildman–Crippen MR) is 87.0 cm³/mol. The molecule has 0 bridgehead atoms. The first-order valence-electron chi connectivity index (χ1n) is 7.71. The van der Waals surface area contributed by atoms with Gasteiger partial charge in [-0.05, 0) is 64.3 Å². The van der Waals surface area contributed by atoms with E-state index in [0.717, 1.165) is 12.0 Å². The second-order valence-corrected chi connectivity index (χ2v) is 6.98. The topological polar surface area (TPSA) is 64.8 Å². The van der Waals surface area contributed by atoms with Gasteiger partial charge in [0.15, 0.2) is 0 Å². The summed E-state index contributed by atoms with van der Waals surface area (Å²) in [5, 5.41) is 0. The van der Waals surface area contributed by atoms with Gasteiger partial charge in [-0.1, -0.05) is 0 Å². The zero-order chi connectivity index (χ0) is 16.5. The van der Waals surface area contributed by atoms with Crippen molar-refractivity contribution in [3.63, 3.8) is 0 Å². The number of carbonyl (C=O) groups excluding carboxylic acids is 1. The van der Waals surface area contributed by atoms with Crippen LogP contribution in [0.1, 0.15) is 45.7 Å². The summed E-state index contributed by atoms with van der Waals surface area (Å²) in [6.45, 7) is 10.7. The lowest BCUT2D eigenvalue weighted by Crippen LogP contribution is -2.39. The SMILES string of the molecule is CC(C)Oc1cc2c(cc1N)CCN(C(=O)OC(C)(C)C)C2. The molecule has 22 heavy (non-hydrogen) atoms. The van der Waals surface area contributed by atoms with Crippen LogP contribution in [0.25, 0.3) is 0 Å². The van der Waals surface area contributed by atoms with Crippen molar-refractivity contribution in [2.24, 2.45) is 0 Å². The van der Waals surface area contributed by atoms with E-state index >= 15 is 0 Å². The van der Waals surface area contributed by atoms with Crippen molar-refractivity contribution in [2.75, 3.05) is 12.3 Å². The van der Waals surface area contributed by atoms with Gasteiger partial charge in [0, 0.05) is 13.1 Å². The highest BCUT2D eigenvalue weighted by Gasteiger charge is 2.26. The number of benzene rings is 1. The van der Waals surface area contributed by atoms with Crippen LogP contribution in [0.3, 0.4) is 0 Å². The number of anilines is 1. The molecule has 1 aliphatic heterocycles. The Bertz CT molecular complexity index is 562. The van der Waals surface area contributed by atoms with E-state index in [-0.39, 0.29) is 12.2 Å². The maximum atomic E-state index is 12.2. The van der Waals surface area contributed by atoms with Crippen molar-refractivity contribution in [2.45, 2.75) is 59.3 Å². The van der Waals surface area contributed by atoms with E-state index in [1.807, 2.05) is 46.8 Å². The molecule has 0 atom stereocenters. The summed E-state index contributed by atoms with van der Waals surface area (Å²) < 4.78 is 11.2. The van der Waals surface area contributed by atoms with E-state index in [1.54, 1.807) is 4.90 Å². The van der Waals surface area contributed by atoms with Gasteiger partial charge in [0.2, 0.25) is 0 Å². The molecule has 0 aliphatic carbocycles. The summed E-state index contributed by atoms with van der Waals surface area (Å²) >= 11 is 0. The number of nitrogens with zero attached hydrogens (tertiary/aromatic N) is 1. The third-order valence-corrected chi connectivity index (χ3v) is 3.36. The molecule has 122 valence electrons. The van der Waals surface area contributed by atoms with E-state index < -0.39 is 5.60 Å². The van der Waals surface area contributed by atoms with Crippen molar-refractivity contribution < 1.29 is 14.3 Å². The Balaban J connectivity index is 2.17. The molecule has 1 aliphatic rings. The summed E-state index contributed by atoms with van der Waals surface area (Å²) in [5.74, 6) is 0.680. The van der Waals surface area contributed by atoms with Crippen molar-refractivity contribution in [3.05, 3.63) is 23.3 Å². The van der Waals surface area contributed by atoms with Crippen LogP contribution in [0.15, 0.2) is 12.1 Å². The molecule has 5 nitrogen and oxygen atoms in total. The Kier molecular flexibility index (Phi) is 4.54. The molecule has 0 saturated heterocycles. The Hall–Kier alpha value is -1.91. The van der Waals surface area contributed by atoms with Gasteiger partial charge in [-0.15, -0.1) is 0 Å². The minimum Gasteiger partial charge on any atom is -0.489 e. The molecule has 1 aromatic carbocycles. The summed E-state index contributed by atoms with van der Waals surface area (Å²) in [6, 6.07) is 3.90. The van der Waals surface area contributed by atoms with Gasteiger partial charge in [-0.2, -0.15) is 0 Å². The van der Waals surface area contributed by atoms with Gasteiger partial charge in [0.05, 0.1) is 11.8 Å². The number of fused-ring (bicyclic) bond motifs is 1. The number of rotatable bonds is 2. The predicted octanol–water partition coefficient (Wildman–Crippen LogP) is 3.35. The molecule has 2 N–H and O–H groups in total. The van der Waals surface area contributed by atoms with Crippen LogP contribution in [0.2, 0.25) is 0 Å². The van der Waals surface area contributed by atoms with E-state index in [4.69, 9.17) is 15.2 Å². The fourth-order valence-electron chi connectivity index (χ4n) is 2.44. The Morgan fingerprint density at radius 2 is 1.95 bits per heavy atom. The molecular formula is C17H26N2O3. The lowest BCUT2D eigenvalue weighted by molar-refractivity contribution is 0.0223. The fraction of sp³-hybridized carbons (Fsp3) is 0.588. The number of carbonyl (C=O) groups is 1. The lowest BCUT2D eigenvalue weighted by Gasteiger charge is -2.31. The van der Waals surface area contributed by atoms with Crippen LogP contribution < -0.4 is 10.5 Å². The van der Waals surface area contributed by atoms with Crippen LogP contribution in [0.4, 0.5) is 10.5 Å². The zero-order valence-electron chi connectivity index (χ0n) is 14.1. The van der Waals surface area contributed by atoms with Gasteiger partial charge >= 0.3 is 6.09 Å². The highest BCUT2D eigenvalue weighted by atomic mass is 16.6. The average Bonchev–Trinajstić information content (AvgIpc) is 2.36. The molecule has 1 amide bonds. The number of amides is 1. The van der Waals surface area contributed by atoms with Crippen LogP contribution >= 0.6 is 0 Å². The van der Waals surface area contributed by atoms with Crippen LogP contribution in [0.5, 0.6) is 5.75 Å². The molecule has 0 fully saturated rings. The lowest BCUT2D eigenvalue weighted by atomic mass is 9.98. The standard InChI is InChI=1S/C17H26N2O3/c1-11(2)21-15-9-13-10-19(16(20)22-17(3,4)5)7-6-12(13)8-14(15)18/h8-9,11H,6-7,10,18H2,1-5H3. The quantitative estimate of drug-likeness (QED) is 0.851. The smallest absolute Gasteiger partial charge is 0.410 e. The number of nitrogens with two attached hydrogens (primary N) is 1. The van der Waals surface area contributed by atoms with Gasteiger partial charge < -0.3 is 20.1 Å². The second kappa shape index (κ2) is 6.07. The molecule has 1 heterocycles. The third-order valence-electron chi connectivity index (χ3n) is 3.36. The van der Waals surface area contributed by atoms with E-state index in [0.29, 0.717) is 24.5 Å². The van der Waals surface area contributed by atoms with E-state index in [2.05, 4.69) is 0 Å². The van der Waals surface area contributed by atoms with Crippen LogP contribution in [-0.2, 0) is 17.7 Å². The normalized spacial score (nSPS) is 14.7. The first kappa shape index (κ1) is 16.5. The van der Waals surface area contributed by atoms with Crippen LogP contribution in [-0.4, -0.2) is 29.2 Å². The molecule has 0 radical (unpaired) electrons. The molecule has 5 heteroatoms. The second-order valence-electron chi connectivity index (χ2n) is 6.98. The van der Waals surface area contributed by atoms with Gasteiger partial charge in [0.1, 0.15) is 11.4 Å². The molecule has 0 saturated carbocycles. The van der Waals surface area contributed by atoms with E-state index in [9.17, 15) is 4.79 Å². The molecule has 0 unspecified atom stereocenters. The first-order valence-corrected chi connectivity index (χ1v) is 7.71. The highest BCUT2D eigenvalue weighted by molar-refractivity contribution is 5.69. The van der Waals surface area contributed by atoms with Crippen molar-refractivity contribution in [1.82, 2.24) is 4.90 Å². The molecule has 1 aromatic rings.